The van der Waals surface area contributed by atoms with Crippen LogP contribution in [-0.4, -0.2) is 0 Å². The summed E-state index contributed by atoms with van der Waals surface area (Å²) < 4.78 is 0. The molecule has 2 unspecified atom stereocenters. The van der Waals surface area contributed by atoms with Crippen LogP contribution in [0.25, 0.3) is 0 Å². The van der Waals surface area contributed by atoms with Gasteiger partial charge in [0.15, 0.2) is 0 Å². The van der Waals surface area contributed by atoms with E-state index >= 15 is 0 Å². The fraction of sp³-hybridized carbons (Fsp3) is 0.438. The molecule has 2 fully saturated rings. The summed E-state index contributed by atoms with van der Waals surface area (Å²) in [6.45, 7) is 11.7. The third-order valence-electron chi connectivity index (χ3n) is 8.78. The minimum absolute atomic E-state index is 0.230. The Balaban J connectivity index is 1.60. The van der Waals surface area contributed by atoms with Crippen molar-refractivity contribution in [2.24, 2.45) is 5.92 Å². The van der Waals surface area contributed by atoms with Crippen LogP contribution in [0.4, 0.5) is 0 Å². The average Bonchev–Trinajstić information content (AvgIpc) is 2.74. The maximum Gasteiger partial charge on any atom is -0.00276 e. The van der Waals surface area contributed by atoms with Gasteiger partial charge in [-0.05, 0) is 91.7 Å². The highest BCUT2D eigenvalue weighted by Gasteiger charge is 2.55. The number of rotatable bonds is 3. The van der Waals surface area contributed by atoms with Crippen molar-refractivity contribution in [1.29, 1.82) is 0 Å². The molecule has 2 saturated carbocycles. The first-order valence-corrected chi connectivity index (χ1v) is 12.4. The lowest BCUT2D eigenvalue weighted by Crippen LogP contribution is -2.52. The van der Waals surface area contributed by atoms with E-state index in [1.807, 2.05) is 0 Å². The second-order valence-electron chi connectivity index (χ2n) is 11.8. The maximum absolute atomic E-state index is 2.54. The number of hydrogen-bond acceptors (Lipinski definition) is 0. The first-order valence-electron chi connectivity index (χ1n) is 12.4. The van der Waals surface area contributed by atoms with Crippen LogP contribution in [0.2, 0.25) is 0 Å². The molecule has 0 aliphatic heterocycles. The molecule has 0 spiro atoms. The van der Waals surface area contributed by atoms with Crippen molar-refractivity contribution in [3.63, 3.8) is 0 Å². The lowest BCUT2D eigenvalue weighted by atomic mass is 9.45. The summed E-state index contributed by atoms with van der Waals surface area (Å²) in [5.41, 5.74) is 9.38. The van der Waals surface area contributed by atoms with Crippen LogP contribution in [-0.2, 0) is 16.2 Å². The molecule has 3 aromatic carbocycles. The molecule has 0 aromatic heterocycles. The van der Waals surface area contributed by atoms with Gasteiger partial charge < -0.3 is 0 Å². The molecule has 2 aliphatic rings. The van der Waals surface area contributed by atoms with Crippen molar-refractivity contribution in [2.45, 2.75) is 83.0 Å². The second-order valence-corrected chi connectivity index (χ2v) is 11.8. The van der Waals surface area contributed by atoms with Gasteiger partial charge in [-0.3, -0.25) is 0 Å². The first-order chi connectivity index (χ1) is 15.2. The van der Waals surface area contributed by atoms with Crippen LogP contribution in [0.5, 0.6) is 0 Å². The SMILES string of the molecule is Cc1ccc(C2(C)CC3CC(C)(c4ccc(C)cc4)CC(c4ccc(C)cc4)(C3)C2)cc1. The van der Waals surface area contributed by atoms with Gasteiger partial charge in [-0.1, -0.05) is 103 Å². The van der Waals surface area contributed by atoms with E-state index in [1.54, 1.807) is 5.56 Å². The smallest absolute Gasteiger partial charge is 0.00276 e. The van der Waals surface area contributed by atoms with E-state index in [2.05, 4.69) is 107 Å². The summed E-state index contributed by atoms with van der Waals surface area (Å²) in [7, 11) is 0. The Morgan fingerprint density at radius 1 is 0.500 bits per heavy atom. The summed E-state index contributed by atoms with van der Waals surface area (Å²) in [4.78, 5) is 0. The Morgan fingerprint density at radius 3 is 1.22 bits per heavy atom. The fourth-order valence-corrected chi connectivity index (χ4v) is 7.47. The van der Waals surface area contributed by atoms with Crippen LogP contribution in [0.3, 0.4) is 0 Å². The van der Waals surface area contributed by atoms with Crippen LogP contribution in [0.15, 0.2) is 72.8 Å². The number of hydrogen-bond donors (Lipinski definition) is 0. The first kappa shape index (κ1) is 21.5. The summed E-state index contributed by atoms with van der Waals surface area (Å²) >= 11 is 0. The largest absolute Gasteiger partial charge is 0.0590 e. The molecule has 0 heterocycles. The fourth-order valence-electron chi connectivity index (χ4n) is 7.47. The summed E-state index contributed by atoms with van der Waals surface area (Å²) in [5, 5.41) is 0. The standard InChI is InChI=1S/C32H38/c1-23-6-12-27(13-7-23)30(4)18-26-19-31(5,28-14-8-24(2)9-15-28)22-32(20-26,21-30)29-16-10-25(3)11-17-29/h6-17,26H,18-22H2,1-5H3. The molecule has 5 rings (SSSR count). The molecule has 0 radical (unpaired) electrons. The van der Waals surface area contributed by atoms with Gasteiger partial charge in [0, 0.05) is 0 Å². The summed E-state index contributed by atoms with van der Waals surface area (Å²) in [6, 6.07) is 28.4. The third kappa shape index (κ3) is 3.72. The Labute approximate surface area is 195 Å². The quantitative estimate of drug-likeness (QED) is 0.398. The molecule has 2 aliphatic carbocycles. The Kier molecular flexibility index (Phi) is 5.12. The van der Waals surface area contributed by atoms with E-state index in [0.29, 0.717) is 0 Å². The topological polar surface area (TPSA) is 0 Å². The number of aryl methyl sites for hydroxylation is 3. The van der Waals surface area contributed by atoms with Gasteiger partial charge in [0.05, 0.1) is 0 Å². The molecule has 0 saturated heterocycles. The van der Waals surface area contributed by atoms with E-state index in [1.165, 1.54) is 59.9 Å². The van der Waals surface area contributed by atoms with Crippen molar-refractivity contribution in [3.8, 4) is 0 Å². The summed E-state index contributed by atoms with van der Waals surface area (Å²) in [5.74, 6) is 0.747. The summed E-state index contributed by atoms with van der Waals surface area (Å²) in [6.07, 6.45) is 6.41. The highest BCUT2D eigenvalue weighted by Crippen LogP contribution is 2.62. The van der Waals surface area contributed by atoms with Crippen LogP contribution in [0.1, 0.15) is 79.3 Å². The highest BCUT2D eigenvalue weighted by molar-refractivity contribution is 5.39. The van der Waals surface area contributed by atoms with Crippen molar-refractivity contribution < 1.29 is 0 Å². The molecule has 32 heavy (non-hydrogen) atoms. The van der Waals surface area contributed by atoms with Gasteiger partial charge >= 0.3 is 0 Å². The van der Waals surface area contributed by atoms with Gasteiger partial charge in [0.2, 0.25) is 0 Å². The lowest BCUT2D eigenvalue weighted by molar-refractivity contribution is 0.0427. The van der Waals surface area contributed by atoms with Crippen molar-refractivity contribution >= 4 is 0 Å². The third-order valence-corrected chi connectivity index (χ3v) is 8.78. The Hall–Kier alpha value is -2.34. The Bertz CT molecular complexity index is 1020. The Morgan fingerprint density at radius 2 is 0.844 bits per heavy atom. The maximum atomic E-state index is 2.54. The van der Waals surface area contributed by atoms with Gasteiger partial charge in [-0.15, -0.1) is 0 Å². The lowest BCUT2D eigenvalue weighted by Gasteiger charge is -2.58. The average molecular weight is 423 g/mol. The van der Waals surface area contributed by atoms with Crippen LogP contribution >= 0.6 is 0 Å². The van der Waals surface area contributed by atoms with E-state index in [9.17, 15) is 0 Å². The molecule has 0 N–H and O–H groups in total. The van der Waals surface area contributed by atoms with E-state index in [0.717, 1.165) is 5.92 Å². The number of benzene rings is 3. The molecule has 0 nitrogen and oxygen atoms in total. The minimum Gasteiger partial charge on any atom is -0.0590 e. The molecule has 0 amide bonds. The minimum atomic E-state index is 0.230. The molecular formula is C32H38. The van der Waals surface area contributed by atoms with Gasteiger partial charge in [-0.25, -0.2) is 0 Å². The normalized spacial score (nSPS) is 32.0. The van der Waals surface area contributed by atoms with Crippen molar-refractivity contribution in [3.05, 3.63) is 106 Å². The second kappa shape index (κ2) is 7.62. The predicted molar refractivity (Wildman–Crippen MR) is 136 cm³/mol. The molecular weight excluding hydrogens is 384 g/mol. The monoisotopic (exact) mass is 422 g/mol. The zero-order chi connectivity index (χ0) is 22.6. The molecule has 2 bridgehead atoms. The molecule has 166 valence electrons. The van der Waals surface area contributed by atoms with Crippen molar-refractivity contribution in [1.82, 2.24) is 0 Å². The molecule has 2 atom stereocenters. The predicted octanol–water partition coefficient (Wildman–Crippen LogP) is 8.36. The van der Waals surface area contributed by atoms with Crippen LogP contribution < -0.4 is 0 Å². The van der Waals surface area contributed by atoms with E-state index in [-0.39, 0.29) is 16.2 Å². The van der Waals surface area contributed by atoms with Gasteiger partial charge in [-0.2, -0.15) is 0 Å². The van der Waals surface area contributed by atoms with Crippen molar-refractivity contribution in [2.75, 3.05) is 0 Å². The van der Waals surface area contributed by atoms with Crippen LogP contribution in [0, 0.1) is 26.7 Å². The van der Waals surface area contributed by atoms with E-state index < -0.39 is 0 Å². The molecule has 0 heteroatoms. The van der Waals surface area contributed by atoms with Gasteiger partial charge in [0.25, 0.3) is 0 Å². The highest BCUT2D eigenvalue weighted by atomic mass is 14.6. The zero-order valence-electron chi connectivity index (χ0n) is 20.5. The molecule has 3 aromatic rings. The van der Waals surface area contributed by atoms with E-state index in [4.69, 9.17) is 0 Å². The number of fused-ring (bicyclic) bond motifs is 2. The van der Waals surface area contributed by atoms with Gasteiger partial charge in [0.1, 0.15) is 0 Å². The zero-order valence-corrected chi connectivity index (χ0v) is 20.5.